The number of benzene rings is 1. The number of amides is 1. The van der Waals surface area contributed by atoms with Crippen LogP contribution in [0.2, 0.25) is 0 Å². The Labute approximate surface area is 159 Å². The molecule has 1 aromatic carbocycles. The minimum Gasteiger partial charge on any atom is -0.497 e. The van der Waals surface area contributed by atoms with Crippen LogP contribution in [-0.2, 0) is 17.9 Å². The van der Waals surface area contributed by atoms with Crippen LogP contribution < -0.4 is 4.74 Å². The molecule has 0 radical (unpaired) electrons. The number of aryl methyl sites for hydroxylation is 1. The van der Waals surface area contributed by atoms with Crippen molar-refractivity contribution in [2.24, 2.45) is 5.41 Å². The number of carbonyl (C=O) groups is 1. The van der Waals surface area contributed by atoms with E-state index in [-0.39, 0.29) is 5.41 Å². The fourth-order valence-corrected chi connectivity index (χ4v) is 5.23. The molecule has 0 aliphatic carbocycles. The van der Waals surface area contributed by atoms with Gasteiger partial charge in [0.25, 0.3) is 0 Å². The Bertz CT molecular complexity index is 803. The van der Waals surface area contributed by atoms with Gasteiger partial charge in [0.05, 0.1) is 12.5 Å². The summed E-state index contributed by atoms with van der Waals surface area (Å²) in [6.07, 6.45) is 1.97. The maximum Gasteiger partial charge on any atom is 0.230 e. The highest BCUT2D eigenvalue weighted by atomic mass is 32.1. The topological polar surface area (TPSA) is 32.8 Å². The number of carbonyl (C=O) groups excluding carboxylic acids is 1. The summed E-state index contributed by atoms with van der Waals surface area (Å²) in [7, 11) is 1.68. The zero-order valence-corrected chi connectivity index (χ0v) is 16.3. The van der Waals surface area contributed by atoms with Crippen molar-refractivity contribution >= 4 is 17.2 Å². The van der Waals surface area contributed by atoms with E-state index in [1.165, 1.54) is 9.75 Å². The van der Waals surface area contributed by atoms with Gasteiger partial charge >= 0.3 is 0 Å². The van der Waals surface area contributed by atoms with Gasteiger partial charge in [0.2, 0.25) is 5.91 Å². The first kappa shape index (κ1) is 17.6. The van der Waals surface area contributed by atoms with Crippen molar-refractivity contribution in [2.75, 3.05) is 26.7 Å². The van der Waals surface area contributed by atoms with Gasteiger partial charge in [-0.3, -0.25) is 9.69 Å². The van der Waals surface area contributed by atoms with E-state index in [0.717, 1.165) is 50.3 Å². The van der Waals surface area contributed by atoms with Crippen LogP contribution in [0.3, 0.4) is 0 Å². The molecule has 3 heterocycles. The van der Waals surface area contributed by atoms with Crippen molar-refractivity contribution in [3.8, 4) is 5.75 Å². The highest BCUT2D eigenvalue weighted by Crippen LogP contribution is 2.41. The summed E-state index contributed by atoms with van der Waals surface area (Å²) in [4.78, 5) is 20.4. The van der Waals surface area contributed by atoms with Crippen LogP contribution in [0.4, 0.5) is 0 Å². The van der Waals surface area contributed by atoms with E-state index in [9.17, 15) is 4.79 Å². The molecule has 2 saturated heterocycles. The number of ether oxygens (including phenoxy) is 1. The zero-order chi connectivity index (χ0) is 18.1. The fourth-order valence-electron chi connectivity index (χ4n) is 4.30. The molecule has 1 atom stereocenters. The van der Waals surface area contributed by atoms with E-state index >= 15 is 0 Å². The summed E-state index contributed by atoms with van der Waals surface area (Å²) in [6.45, 7) is 6.59. The molecule has 26 heavy (non-hydrogen) atoms. The normalized spacial score (nSPS) is 23.3. The number of hydrogen-bond donors (Lipinski definition) is 0. The third-order valence-corrected chi connectivity index (χ3v) is 6.70. The second-order valence-corrected chi connectivity index (χ2v) is 8.95. The maximum absolute atomic E-state index is 13.2. The number of likely N-dealkylation sites (tertiary alicyclic amines) is 2. The molecule has 0 bridgehead atoms. The minimum absolute atomic E-state index is 0.162. The molecule has 0 N–H and O–H groups in total. The Kier molecular flexibility index (Phi) is 4.76. The van der Waals surface area contributed by atoms with Crippen molar-refractivity contribution in [1.29, 1.82) is 0 Å². The standard InChI is InChI=1S/C21H26N2O2S/c1-16-6-7-19(26-16)14-22-10-8-21(15-22)9-11-23(20(21)24)13-17-4-3-5-18(12-17)25-2/h3-7,12H,8-11,13-15H2,1-2H3. The third-order valence-electron chi connectivity index (χ3n) is 5.72. The monoisotopic (exact) mass is 370 g/mol. The number of rotatable bonds is 5. The molecule has 1 aromatic heterocycles. The smallest absolute Gasteiger partial charge is 0.230 e. The molecular weight excluding hydrogens is 344 g/mol. The summed E-state index contributed by atoms with van der Waals surface area (Å²) >= 11 is 1.86. The van der Waals surface area contributed by atoms with E-state index in [1.807, 2.05) is 34.4 Å². The SMILES string of the molecule is COc1cccc(CN2CCC3(CCN(Cc4ccc(C)s4)C3)C2=O)c1. The third kappa shape index (κ3) is 3.38. The number of thiophene rings is 1. The molecule has 5 heteroatoms. The maximum atomic E-state index is 13.2. The van der Waals surface area contributed by atoms with Crippen LogP contribution in [-0.4, -0.2) is 42.5 Å². The van der Waals surface area contributed by atoms with Crippen LogP contribution in [0.15, 0.2) is 36.4 Å². The van der Waals surface area contributed by atoms with E-state index in [2.05, 4.69) is 30.0 Å². The fraction of sp³-hybridized carbons (Fsp3) is 0.476. The van der Waals surface area contributed by atoms with Gasteiger partial charge in [0.1, 0.15) is 5.75 Å². The van der Waals surface area contributed by atoms with Gasteiger partial charge < -0.3 is 9.64 Å². The van der Waals surface area contributed by atoms with Gasteiger partial charge in [-0.1, -0.05) is 12.1 Å². The summed E-state index contributed by atoms with van der Waals surface area (Å²) in [5.41, 5.74) is 0.976. The lowest BCUT2D eigenvalue weighted by molar-refractivity contribution is -0.136. The first-order chi connectivity index (χ1) is 12.6. The summed E-state index contributed by atoms with van der Waals surface area (Å²) in [6, 6.07) is 12.4. The lowest BCUT2D eigenvalue weighted by Crippen LogP contribution is -2.36. The lowest BCUT2D eigenvalue weighted by atomic mass is 9.85. The summed E-state index contributed by atoms with van der Waals surface area (Å²) in [5.74, 6) is 1.19. The highest BCUT2D eigenvalue weighted by Gasteiger charge is 2.50. The molecule has 1 unspecified atom stereocenters. The summed E-state index contributed by atoms with van der Waals surface area (Å²) < 4.78 is 5.30. The van der Waals surface area contributed by atoms with Crippen molar-refractivity contribution in [3.05, 3.63) is 51.7 Å². The quantitative estimate of drug-likeness (QED) is 0.805. The molecular formula is C21H26N2O2S. The van der Waals surface area contributed by atoms with E-state index in [4.69, 9.17) is 4.74 Å². The Hall–Kier alpha value is -1.85. The largest absolute Gasteiger partial charge is 0.497 e. The second-order valence-electron chi connectivity index (χ2n) is 7.58. The van der Waals surface area contributed by atoms with Crippen LogP contribution in [0, 0.1) is 12.3 Å². The van der Waals surface area contributed by atoms with Gasteiger partial charge in [-0.25, -0.2) is 0 Å². The average molecular weight is 371 g/mol. The predicted molar refractivity (Wildman–Crippen MR) is 104 cm³/mol. The van der Waals surface area contributed by atoms with Crippen molar-refractivity contribution < 1.29 is 9.53 Å². The average Bonchev–Trinajstić information content (AvgIpc) is 3.32. The van der Waals surface area contributed by atoms with Crippen LogP contribution >= 0.6 is 11.3 Å². The van der Waals surface area contributed by atoms with Gasteiger partial charge in [-0.15, -0.1) is 11.3 Å². The predicted octanol–water partition coefficient (Wildman–Crippen LogP) is 3.69. The number of methoxy groups -OCH3 is 1. The molecule has 2 aromatic rings. The zero-order valence-electron chi connectivity index (χ0n) is 15.5. The van der Waals surface area contributed by atoms with Gasteiger partial charge in [0, 0.05) is 35.9 Å². The number of hydrogen-bond acceptors (Lipinski definition) is 4. The van der Waals surface area contributed by atoms with Crippen LogP contribution in [0.1, 0.15) is 28.2 Å². The first-order valence-corrected chi connectivity index (χ1v) is 10.1. The molecule has 4 nitrogen and oxygen atoms in total. The summed E-state index contributed by atoms with van der Waals surface area (Å²) in [5, 5.41) is 0. The minimum atomic E-state index is -0.162. The van der Waals surface area contributed by atoms with Crippen molar-refractivity contribution in [3.63, 3.8) is 0 Å². The van der Waals surface area contributed by atoms with E-state index in [0.29, 0.717) is 12.5 Å². The molecule has 138 valence electrons. The first-order valence-electron chi connectivity index (χ1n) is 9.28. The van der Waals surface area contributed by atoms with Gasteiger partial charge in [-0.05, 0) is 56.1 Å². The Balaban J connectivity index is 1.40. The Morgan fingerprint density at radius 1 is 1.15 bits per heavy atom. The molecule has 1 amide bonds. The molecule has 1 spiro atoms. The molecule has 0 saturated carbocycles. The molecule has 4 rings (SSSR count). The van der Waals surface area contributed by atoms with Crippen LogP contribution in [0.5, 0.6) is 5.75 Å². The van der Waals surface area contributed by atoms with Gasteiger partial charge in [0.15, 0.2) is 0 Å². The van der Waals surface area contributed by atoms with Crippen molar-refractivity contribution in [1.82, 2.24) is 9.80 Å². The lowest BCUT2D eigenvalue weighted by Gasteiger charge is -2.24. The number of nitrogens with zero attached hydrogens (tertiary/aromatic N) is 2. The molecule has 2 aliphatic rings. The van der Waals surface area contributed by atoms with Gasteiger partial charge in [-0.2, -0.15) is 0 Å². The van der Waals surface area contributed by atoms with E-state index < -0.39 is 0 Å². The van der Waals surface area contributed by atoms with Crippen LogP contribution in [0.25, 0.3) is 0 Å². The molecule has 2 fully saturated rings. The molecule has 2 aliphatic heterocycles. The Morgan fingerprint density at radius 2 is 2.00 bits per heavy atom. The highest BCUT2D eigenvalue weighted by molar-refractivity contribution is 7.11. The van der Waals surface area contributed by atoms with Crippen molar-refractivity contribution in [2.45, 2.75) is 32.9 Å². The Morgan fingerprint density at radius 3 is 2.77 bits per heavy atom. The second kappa shape index (κ2) is 7.05. The van der Waals surface area contributed by atoms with E-state index in [1.54, 1.807) is 7.11 Å².